The number of rotatable bonds is 2. The van der Waals surface area contributed by atoms with Crippen molar-refractivity contribution in [2.24, 2.45) is 0 Å². The molecule has 88 valence electrons. The Balaban J connectivity index is 2.11. The van der Waals surface area contributed by atoms with Gasteiger partial charge in [0.1, 0.15) is 52.5 Å². The van der Waals surface area contributed by atoms with E-state index in [2.05, 4.69) is 20.8 Å². The molecule has 0 amide bonds. The molecule has 0 aromatic rings. The maximum absolute atomic E-state index is 12.5. The Hall–Kier alpha value is -0.150. The third-order valence-electron chi connectivity index (χ3n) is 4.99. The first-order valence-corrected chi connectivity index (χ1v) is 6.20. The van der Waals surface area contributed by atoms with Gasteiger partial charge in [-0.1, -0.05) is 0 Å². The molecule has 3 aliphatic rings. The summed E-state index contributed by atoms with van der Waals surface area (Å²) in [5.74, 6) is 0. The van der Waals surface area contributed by atoms with Crippen molar-refractivity contribution < 1.29 is 13.4 Å². The van der Waals surface area contributed by atoms with Gasteiger partial charge in [0, 0.05) is 0 Å². The summed E-state index contributed by atoms with van der Waals surface area (Å²) >= 11 is 0. The third kappa shape index (κ3) is 1.70. The zero-order valence-electron chi connectivity index (χ0n) is 10.4. The van der Waals surface area contributed by atoms with Crippen LogP contribution >= 0.6 is 0 Å². The van der Waals surface area contributed by atoms with Crippen LogP contribution in [0.4, 0.5) is 4.39 Å². The minimum Gasteiger partial charge on any atom is -0.307 e. The lowest BCUT2D eigenvalue weighted by atomic mass is 9.94. The summed E-state index contributed by atoms with van der Waals surface area (Å²) in [6.45, 7) is 15.0. The molecule has 3 rings (SSSR count). The molecule has 0 atom stereocenters. The molecular formula is C12H25FN2+2. The molecule has 15 heavy (non-hydrogen) atoms. The highest BCUT2D eigenvalue weighted by Crippen LogP contribution is 2.34. The van der Waals surface area contributed by atoms with Gasteiger partial charge < -0.3 is 8.97 Å². The van der Waals surface area contributed by atoms with E-state index in [1.165, 1.54) is 43.8 Å². The Kier molecular flexibility index (Phi) is 2.59. The number of quaternary nitrogens is 2. The molecule has 0 aromatic carbocycles. The zero-order chi connectivity index (χ0) is 11.2. The normalized spacial score (nSPS) is 40.8. The van der Waals surface area contributed by atoms with E-state index in [-0.39, 0.29) is 6.67 Å². The molecule has 3 aliphatic heterocycles. The third-order valence-corrected chi connectivity index (χ3v) is 4.99. The quantitative estimate of drug-likeness (QED) is 0.612. The number of halogens is 1. The lowest BCUT2D eigenvalue weighted by Gasteiger charge is -2.60. The van der Waals surface area contributed by atoms with Gasteiger partial charge in [-0.05, 0) is 20.8 Å². The van der Waals surface area contributed by atoms with E-state index >= 15 is 0 Å². The molecule has 0 unspecified atom stereocenters. The van der Waals surface area contributed by atoms with E-state index in [0.717, 1.165) is 11.0 Å². The highest BCUT2D eigenvalue weighted by Gasteiger charge is 2.53. The van der Waals surface area contributed by atoms with Crippen molar-refractivity contribution in [3.8, 4) is 0 Å². The van der Waals surface area contributed by atoms with Gasteiger partial charge in [-0.15, -0.1) is 0 Å². The van der Waals surface area contributed by atoms with Crippen LogP contribution in [-0.2, 0) is 0 Å². The summed E-state index contributed by atoms with van der Waals surface area (Å²) in [7, 11) is 0. The smallest absolute Gasteiger partial charge is 0.138 e. The van der Waals surface area contributed by atoms with E-state index in [1.807, 2.05) is 0 Å². The molecule has 3 heterocycles. The average Bonchev–Trinajstić information content (AvgIpc) is 2.19. The van der Waals surface area contributed by atoms with Crippen LogP contribution in [0.5, 0.6) is 0 Å². The molecule has 0 N–H and O–H groups in total. The first-order valence-electron chi connectivity index (χ1n) is 6.20. The van der Waals surface area contributed by atoms with E-state index in [9.17, 15) is 4.39 Å². The van der Waals surface area contributed by atoms with Crippen molar-refractivity contribution >= 4 is 0 Å². The topological polar surface area (TPSA) is 0 Å². The van der Waals surface area contributed by atoms with E-state index in [1.54, 1.807) is 0 Å². The van der Waals surface area contributed by atoms with Gasteiger partial charge in [-0.25, -0.2) is 4.39 Å². The number of alkyl halides is 1. The Morgan fingerprint density at radius 2 is 1.40 bits per heavy atom. The molecular weight excluding hydrogens is 191 g/mol. The second kappa shape index (κ2) is 3.42. The van der Waals surface area contributed by atoms with Crippen molar-refractivity contribution in [3.63, 3.8) is 0 Å². The van der Waals surface area contributed by atoms with Crippen LogP contribution in [0, 0.1) is 0 Å². The zero-order valence-corrected chi connectivity index (χ0v) is 10.4. The molecule has 3 fully saturated rings. The predicted molar refractivity (Wildman–Crippen MR) is 60.3 cm³/mol. The maximum atomic E-state index is 12.5. The monoisotopic (exact) mass is 216 g/mol. The van der Waals surface area contributed by atoms with Gasteiger partial charge >= 0.3 is 0 Å². The summed E-state index contributed by atoms with van der Waals surface area (Å²) in [6.07, 6.45) is 0. The second-order valence-corrected chi connectivity index (χ2v) is 6.41. The van der Waals surface area contributed by atoms with Gasteiger partial charge in [0.05, 0.1) is 5.54 Å². The van der Waals surface area contributed by atoms with E-state index in [0.29, 0.717) is 5.54 Å². The highest BCUT2D eigenvalue weighted by molar-refractivity contribution is 4.71. The van der Waals surface area contributed by atoms with Crippen LogP contribution in [0.15, 0.2) is 0 Å². The Morgan fingerprint density at radius 1 is 0.933 bits per heavy atom. The summed E-state index contributed by atoms with van der Waals surface area (Å²) in [6, 6.07) is 0. The lowest BCUT2D eigenvalue weighted by Crippen LogP contribution is -2.79. The summed E-state index contributed by atoms with van der Waals surface area (Å²) in [5.41, 5.74) is 0.367. The number of piperazine rings is 3. The Labute approximate surface area is 92.8 Å². The average molecular weight is 216 g/mol. The first kappa shape index (κ1) is 11.3. The molecule has 2 bridgehead atoms. The van der Waals surface area contributed by atoms with Crippen molar-refractivity contribution in [1.29, 1.82) is 0 Å². The van der Waals surface area contributed by atoms with Crippen molar-refractivity contribution in [2.75, 3.05) is 52.5 Å². The molecule has 0 radical (unpaired) electrons. The molecule has 0 spiro atoms. The summed E-state index contributed by atoms with van der Waals surface area (Å²) in [4.78, 5) is 0. The standard InChI is InChI=1S/C12H25FN2/c1-12(2,3)15-9-6-14(5-4-13,7-10-15)8-11-15/h4-11H2,1-3H3/q+2. The summed E-state index contributed by atoms with van der Waals surface area (Å²) < 4.78 is 14.9. The van der Waals surface area contributed by atoms with Gasteiger partial charge in [0.25, 0.3) is 0 Å². The number of fused-ring (bicyclic) bond motifs is 3. The van der Waals surface area contributed by atoms with E-state index in [4.69, 9.17) is 0 Å². The van der Waals surface area contributed by atoms with Gasteiger partial charge in [0.2, 0.25) is 0 Å². The van der Waals surface area contributed by atoms with Crippen molar-refractivity contribution in [3.05, 3.63) is 0 Å². The Morgan fingerprint density at radius 3 is 1.73 bits per heavy atom. The highest BCUT2D eigenvalue weighted by atomic mass is 19.1. The Bertz CT molecular complexity index is 220. The first-order chi connectivity index (χ1) is 6.93. The number of nitrogens with zero attached hydrogens (tertiary/aromatic N) is 2. The molecule has 3 saturated heterocycles. The van der Waals surface area contributed by atoms with E-state index < -0.39 is 0 Å². The number of hydrogen-bond acceptors (Lipinski definition) is 0. The van der Waals surface area contributed by atoms with Crippen molar-refractivity contribution in [1.82, 2.24) is 0 Å². The fourth-order valence-electron chi connectivity index (χ4n) is 3.40. The maximum Gasteiger partial charge on any atom is 0.138 e. The van der Waals surface area contributed by atoms with Crippen LogP contribution in [0.3, 0.4) is 0 Å². The summed E-state index contributed by atoms with van der Waals surface area (Å²) in [5, 5.41) is 0. The fraction of sp³-hybridized carbons (Fsp3) is 1.00. The minimum absolute atomic E-state index is 0.143. The fourth-order valence-corrected chi connectivity index (χ4v) is 3.40. The van der Waals surface area contributed by atoms with Crippen LogP contribution in [0.1, 0.15) is 20.8 Å². The number of hydrogen-bond donors (Lipinski definition) is 0. The van der Waals surface area contributed by atoms with Gasteiger partial charge in [0.15, 0.2) is 0 Å². The SMILES string of the molecule is CC(C)(C)[N+]12CC[N+](CCF)(CC1)CC2. The van der Waals surface area contributed by atoms with Crippen LogP contribution in [0.2, 0.25) is 0 Å². The van der Waals surface area contributed by atoms with Crippen molar-refractivity contribution in [2.45, 2.75) is 26.3 Å². The molecule has 3 heteroatoms. The van der Waals surface area contributed by atoms with Gasteiger partial charge in [-0.3, -0.25) is 0 Å². The second-order valence-electron chi connectivity index (χ2n) is 6.41. The predicted octanol–water partition coefficient (Wildman–Crippen LogP) is 1.42. The minimum atomic E-state index is -0.143. The van der Waals surface area contributed by atoms with Gasteiger partial charge in [-0.2, -0.15) is 0 Å². The lowest BCUT2D eigenvalue weighted by molar-refractivity contribution is -1.10. The molecule has 0 saturated carbocycles. The van der Waals surface area contributed by atoms with Crippen LogP contribution < -0.4 is 0 Å². The molecule has 0 aromatic heterocycles. The largest absolute Gasteiger partial charge is 0.307 e. The van der Waals surface area contributed by atoms with Crippen LogP contribution in [-0.4, -0.2) is 67.0 Å². The molecule has 2 nitrogen and oxygen atoms in total. The van der Waals surface area contributed by atoms with Crippen LogP contribution in [0.25, 0.3) is 0 Å². The molecule has 0 aliphatic carbocycles.